The number of rotatable bonds is 3. The Morgan fingerprint density at radius 1 is 1.03 bits per heavy atom. The van der Waals surface area contributed by atoms with Gasteiger partial charge >= 0.3 is 5.91 Å². The minimum Gasteiger partial charge on any atom is -0.507 e. The molecule has 4 aromatic rings. The van der Waals surface area contributed by atoms with Crippen molar-refractivity contribution < 1.29 is 24.2 Å². The summed E-state index contributed by atoms with van der Waals surface area (Å²) in [6, 6.07) is 19.0. The smallest absolute Gasteiger partial charge is 0.301 e. The predicted molar refractivity (Wildman–Crippen MR) is 128 cm³/mol. The number of ether oxygens (including phenoxy) is 2. The number of aliphatic hydroxyl groups is 1. The number of carbonyl (C=O) groups is 2. The van der Waals surface area contributed by atoms with Gasteiger partial charge in [0.2, 0.25) is 6.79 Å². The van der Waals surface area contributed by atoms with E-state index in [-0.39, 0.29) is 18.1 Å². The molecule has 7 nitrogen and oxygen atoms in total. The Balaban J connectivity index is 1.57. The van der Waals surface area contributed by atoms with E-state index in [4.69, 9.17) is 9.47 Å². The van der Waals surface area contributed by atoms with Crippen LogP contribution in [0, 0.1) is 6.92 Å². The van der Waals surface area contributed by atoms with Crippen LogP contribution in [0.3, 0.4) is 0 Å². The molecular weight excluding hydrogens is 452 g/mol. The molecule has 1 unspecified atom stereocenters. The van der Waals surface area contributed by atoms with E-state index < -0.39 is 17.7 Å². The molecule has 0 radical (unpaired) electrons. The SMILES string of the molecule is Cc1ccc(C(O)=C2C(=O)C(=O)N(c3nc4ccccc4s3)C2c2ccc3c(c2)OCO3)cc1. The van der Waals surface area contributed by atoms with Crippen LogP contribution in [0.25, 0.3) is 16.0 Å². The maximum Gasteiger partial charge on any atom is 0.301 e. The summed E-state index contributed by atoms with van der Waals surface area (Å²) in [4.78, 5) is 32.6. The third-order valence-electron chi connectivity index (χ3n) is 5.97. The van der Waals surface area contributed by atoms with Crippen LogP contribution in [0.2, 0.25) is 0 Å². The number of ketones is 1. The van der Waals surface area contributed by atoms with Gasteiger partial charge in [0.05, 0.1) is 21.8 Å². The highest BCUT2D eigenvalue weighted by molar-refractivity contribution is 7.22. The van der Waals surface area contributed by atoms with Gasteiger partial charge in [0, 0.05) is 5.56 Å². The topological polar surface area (TPSA) is 89.0 Å². The van der Waals surface area contributed by atoms with Gasteiger partial charge in [-0.2, -0.15) is 0 Å². The van der Waals surface area contributed by atoms with Gasteiger partial charge < -0.3 is 14.6 Å². The Hall–Kier alpha value is -4.17. The van der Waals surface area contributed by atoms with Crippen LogP contribution in [-0.4, -0.2) is 28.6 Å². The van der Waals surface area contributed by atoms with Crippen molar-refractivity contribution in [1.82, 2.24) is 4.98 Å². The first-order valence-electron chi connectivity index (χ1n) is 10.6. The summed E-state index contributed by atoms with van der Waals surface area (Å²) in [5.74, 6) is -0.637. The highest BCUT2D eigenvalue weighted by Gasteiger charge is 2.48. The number of para-hydroxylation sites is 1. The summed E-state index contributed by atoms with van der Waals surface area (Å²) in [7, 11) is 0. The molecule has 8 heteroatoms. The molecule has 1 saturated heterocycles. The summed E-state index contributed by atoms with van der Waals surface area (Å²) >= 11 is 1.32. The molecule has 168 valence electrons. The number of aryl methyl sites for hydroxylation is 1. The molecule has 2 aliphatic heterocycles. The van der Waals surface area contributed by atoms with E-state index in [0.29, 0.717) is 27.8 Å². The largest absolute Gasteiger partial charge is 0.507 e. The van der Waals surface area contributed by atoms with Crippen LogP contribution in [0.1, 0.15) is 22.7 Å². The van der Waals surface area contributed by atoms with Crippen molar-refractivity contribution >= 4 is 44.1 Å². The van der Waals surface area contributed by atoms with E-state index in [1.807, 2.05) is 43.3 Å². The summed E-state index contributed by atoms with van der Waals surface area (Å²) in [6.07, 6.45) is 0. The zero-order valence-corrected chi connectivity index (χ0v) is 18.8. The van der Waals surface area contributed by atoms with Gasteiger partial charge in [-0.1, -0.05) is 59.4 Å². The summed E-state index contributed by atoms with van der Waals surface area (Å²) in [5, 5.41) is 11.6. The molecule has 0 saturated carbocycles. The van der Waals surface area contributed by atoms with E-state index in [1.54, 1.807) is 30.3 Å². The average Bonchev–Trinajstić information content (AvgIpc) is 3.55. The van der Waals surface area contributed by atoms with Crippen molar-refractivity contribution in [3.63, 3.8) is 0 Å². The maximum absolute atomic E-state index is 13.3. The van der Waals surface area contributed by atoms with E-state index in [9.17, 15) is 14.7 Å². The molecule has 0 aliphatic carbocycles. The third-order valence-corrected chi connectivity index (χ3v) is 7.01. The molecule has 1 amide bonds. The van der Waals surface area contributed by atoms with Crippen molar-refractivity contribution in [2.45, 2.75) is 13.0 Å². The molecule has 1 N–H and O–H groups in total. The van der Waals surface area contributed by atoms with E-state index in [1.165, 1.54) is 16.2 Å². The van der Waals surface area contributed by atoms with E-state index in [0.717, 1.165) is 15.8 Å². The number of hydrogen-bond donors (Lipinski definition) is 1. The lowest BCUT2D eigenvalue weighted by atomic mass is 9.95. The van der Waals surface area contributed by atoms with Crippen molar-refractivity contribution in [3.05, 3.63) is 89.0 Å². The fraction of sp³-hybridized carbons (Fsp3) is 0.115. The van der Waals surface area contributed by atoms with Crippen molar-refractivity contribution in [1.29, 1.82) is 0 Å². The van der Waals surface area contributed by atoms with Gasteiger partial charge in [-0.3, -0.25) is 14.5 Å². The second-order valence-corrected chi connectivity index (χ2v) is 9.12. The van der Waals surface area contributed by atoms with Gasteiger partial charge in [0.25, 0.3) is 5.78 Å². The molecule has 34 heavy (non-hydrogen) atoms. The number of amides is 1. The first-order valence-corrected chi connectivity index (χ1v) is 11.5. The minimum absolute atomic E-state index is 0.00646. The second-order valence-electron chi connectivity index (χ2n) is 8.11. The van der Waals surface area contributed by atoms with Gasteiger partial charge in [0.1, 0.15) is 5.76 Å². The summed E-state index contributed by atoms with van der Waals surface area (Å²) in [5.41, 5.74) is 2.81. The van der Waals surface area contributed by atoms with Gasteiger partial charge in [-0.25, -0.2) is 4.98 Å². The van der Waals surface area contributed by atoms with E-state index in [2.05, 4.69) is 4.98 Å². The van der Waals surface area contributed by atoms with E-state index >= 15 is 0 Å². The highest BCUT2D eigenvalue weighted by Crippen LogP contribution is 2.46. The van der Waals surface area contributed by atoms with Gasteiger partial charge in [-0.15, -0.1) is 0 Å². The molecule has 3 heterocycles. The molecule has 6 rings (SSSR count). The molecule has 2 aliphatic rings. The Morgan fingerprint density at radius 2 is 1.79 bits per heavy atom. The van der Waals surface area contributed by atoms with Gasteiger partial charge in [0.15, 0.2) is 16.6 Å². The lowest BCUT2D eigenvalue weighted by Crippen LogP contribution is -2.29. The fourth-order valence-corrected chi connectivity index (χ4v) is 5.25. The quantitative estimate of drug-likeness (QED) is 0.259. The number of carbonyl (C=O) groups excluding carboxylic acids is 2. The minimum atomic E-state index is -0.878. The van der Waals surface area contributed by atoms with Crippen LogP contribution < -0.4 is 14.4 Å². The van der Waals surface area contributed by atoms with Crippen molar-refractivity contribution in [2.24, 2.45) is 0 Å². The maximum atomic E-state index is 13.3. The van der Waals surface area contributed by atoms with Crippen LogP contribution >= 0.6 is 11.3 Å². The predicted octanol–water partition coefficient (Wildman–Crippen LogP) is 4.96. The Bertz CT molecular complexity index is 1470. The zero-order chi connectivity index (χ0) is 23.4. The number of thiazole rings is 1. The molecular formula is C26H18N2O5S. The number of hydrogen-bond acceptors (Lipinski definition) is 7. The van der Waals surface area contributed by atoms with Crippen LogP contribution in [0.15, 0.2) is 72.3 Å². The number of nitrogens with zero attached hydrogens (tertiary/aromatic N) is 2. The number of fused-ring (bicyclic) bond motifs is 2. The molecule has 3 aromatic carbocycles. The molecule has 0 spiro atoms. The standard InChI is InChI=1S/C26H18N2O5S/c1-14-6-8-15(9-7-14)23(29)21-22(16-10-11-18-19(12-16)33-13-32-18)28(25(31)24(21)30)26-27-17-4-2-3-5-20(17)34-26/h2-12,22,29H,13H2,1H3. The van der Waals surface area contributed by atoms with Crippen molar-refractivity contribution in [3.8, 4) is 11.5 Å². The monoisotopic (exact) mass is 470 g/mol. The second kappa shape index (κ2) is 7.71. The number of aliphatic hydroxyl groups excluding tert-OH is 1. The Kier molecular flexibility index (Phi) is 4.63. The fourth-order valence-electron chi connectivity index (χ4n) is 4.26. The number of aromatic nitrogens is 1. The van der Waals surface area contributed by atoms with Crippen LogP contribution in [0.4, 0.5) is 5.13 Å². The summed E-state index contributed by atoms with van der Waals surface area (Å²) in [6.45, 7) is 2.03. The van der Waals surface area contributed by atoms with Crippen LogP contribution in [0.5, 0.6) is 11.5 Å². The lowest BCUT2D eigenvalue weighted by Gasteiger charge is -2.23. The molecule has 0 bridgehead atoms. The zero-order valence-electron chi connectivity index (χ0n) is 18.0. The first-order chi connectivity index (χ1) is 16.5. The lowest BCUT2D eigenvalue weighted by molar-refractivity contribution is -0.132. The molecule has 1 atom stereocenters. The molecule has 1 aromatic heterocycles. The van der Waals surface area contributed by atoms with Crippen molar-refractivity contribution in [2.75, 3.05) is 11.7 Å². The number of benzene rings is 3. The average molecular weight is 471 g/mol. The highest BCUT2D eigenvalue weighted by atomic mass is 32.1. The third kappa shape index (κ3) is 3.14. The number of Topliss-reactive ketones (excluding diaryl/α,β-unsaturated/α-hetero) is 1. The van der Waals surface area contributed by atoms with Crippen LogP contribution in [-0.2, 0) is 9.59 Å². The van der Waals surface area contributed by atoms with Gasteiger partial charge in [-0.05, 0) is 36.8 Å². The number of anilines is 1. The Morgan fingerprint density at radius 3 is 2.59 bits per heavy atom. The molecule has 1 fully saturated rings. The Labute approximate surface area is 198 Å². The normalized spacial score (nSPS) is 18.7. The summed E-state index contributed by atoms with van der Waals surface area (Å²) < 4.78 is 11.8. The first kappa shape index (κ1) is 20.4.